The van der Waals surface area contributed by atoms with Gasteiger partial charge < -0.3 is 8.83 Å². The molecular formula is C18H12N2O2S. The molecule has 1 aliphatic rings. The molecule has 5 rings (SSSR count). The predicted molar refractivity (Wildman–Crippen MR) is 90.1 cm³/mol. The first-order valence-corrected chi connectivity index (χ1v) is 8.28. The van der Waals surface area contributed by atoms with Crippen LogP contribution in [-0.2, 0) is 4.75 Å². The summed E-state index contributed by atoms with van der Waals surface area (Å²) in [5.74, 6) is 1.28. The molecule has 112 valence electrons. The average molecular weight is 320 g/mol. The first-order valence-electron chi connectivity index (χ1n) is 7.40. The Bertz CT molecular complexity index is 897. The summed E-state index contributed by atoms with van der Waals surface area (Å²) < 4.78 is 11.5. The van der Waals surface area contributed by atoms with Crippen LogP contribution in [0.4, 0.5) is 0 Å². The van der Waals surface area contributed by atoms with E-state index in [1.165, 1.54) is 0 Å². The van der Waals surface area contributed by atoms with Gasteiger partial charge in [0.05, 0.1) is 0 Å². The number of hydrogen-bond acceptors (Lipinski definition) is 5. The maximum atomic E-state index is 6.03. The van der Waals surface area contributed by atoms with Gasteiger partial charge >= 0.3 is 0 Å². The van der Waals surface area contributed by atoms with Crippen molar-refractivity contribution in [1.82, 2.24) is 9.97 Å². The summed E-state index contributed by atoms with van der Waals surface area (Å²) in [6.07, 6.45) is 2.85. The Hall–Kier alpha value is -2.53. The lowest BCUT2D eigenvalue weighted by Crippen LogP contribution is -2.21. The van der Waals surface area contributed by atoms with Crippen molar-refractivity contribution in [1.29, 1.82) is 0 Å². The Balaban J connectivity index is 1.73. The molecule has 0 aliphatic carbocycles. The molecule has 23 heavy (non-hydrogen) atoms. The van der Waals surface area contributed by atoms with Gasteiger partial charge in [-0.15, -0.1) is 11.8 Å². The quantitative estimate of drug-likeness (QED) is 0.528. The van der Waals surface area contributed by atoms with Crippen molar-refractivity contribution in [2.75, 3.05) is 0 Å². The molecule has 2 aromatic heterocycles. The smallest absolute Gasteiger partial charge is 0.221 e. The number of nitrogens with zero attached hydrogens (tertiary/aromatic N) is 2. The van der Waals surface area contributed by atoms with Crippen LogP contribution in [-0.4, -0.2) is 9.97 Å². The minimum absolute atomic E-state index is 0.530. The van der Waals surface area contributed by atoms with Crippen LogP contribution in [0.3, 0.4) is 0 Å². The molecule has 4 nitrogen and oxygen atoms in total. The van der Waals surface area contributed by atoms with E-state index < -0.39 is 4.75 Å². The minimum atomic E-state index is -0.530. The van der Waals surface area contributed by atoms with E-state index in [1.807, 2.05) is 48.5 Å². The van der Waals surface area contributed by atoms with Gasteiger partial charge in [-0.25, -0.2) is 9.97 Å². The highest BCUT2D eigenvalue weighted by molar-refractivity contribution is 8.03. The Kier molecular flexibility index (Phi) is 2.67. The molecule has 0 amide bonds. The number of para-hydroxylation sites is 4. The maximum Gasteiger partial charge on any atom is 0.221 e. The van der Waals surface area contributed by atoms with Crippen molar-refractivity contribution in [3.05, 3.63) is 71.8 Å². The molecule has 0 saturated carbocycles. The molecule has 2 aromatic carbocycles. The van der Waals surface area contributed by atoms with E-state index in [0.29, 0.717) is 11.8 Å². The molecule has 0 atom stereocenters. The molecular weight excluding hydrogens is 308 g/mol. The summed E-state index contributed by atoms with van der Waals surface area (Å²) in [7, 11) is 0. The molecule has 0 bridgehead atoms. The summed E-state index contributed by atoms with van der Waals surface area (Å²) >= 11 is 1.63. The van der Waals surface area contributed by atoms with Gasteiger partial charge in [-0.1, -0.05) is 30.3 Å². The van der Waals surface area contributed by atoms with E-state index in [2.05, 4.69) is 21.5 Å². The fourth-order valence-corrected chi connectivity index (χ4v) is 3.88. The molecule has 3 heterocycles. The van der Waals surface area contributed by atoms with E-state index in [4.69, 9.17) is 8.83 Å². The van der Waals surface area contributed by atoms with Gasteiger partial charge in [-0.3, -0.25) is 0 Å². The first-order chi connectivity index (χ1) is 11.4. The second-order valence-corrected chi connectivity index (χ2v) is 6.70. The molecule has 5 heteroatoms. The zero-order valence-electron chi connectivity index (χ0n) is 12.1. The number of aromatic nitrogens is 2. The number of allylic oxidation sites excluding steroid dienone is 1. The number of thioether (sulfide) groups is 1. The Morgan fingerprint density at radius 1 is 0.826 bits per heavy atom. The van der Waals surface area contributed by atoms with Crippen molar-refractivity contribution < 1.29 is 8.83 Å². The molecule has 0 radical (unpaired) electrons. The van der Waals surface area contributed by atoms with E-state index in [1.54, 1.807) is 11.8 Å². The summed E-state index contributed by atoms with van der Waals surface area (Å²) in [6.45, 7) is 0. The van der Waals surface area contributed by atoms with Crippen LogP contribution in [0.5, 0.6) is 0 Å². The second kappa shape index (κ2) is 4.73. The Labute approximate surface area is 136 Å². The van der Waals surface area contributed by atoms with Crippen LogP contribution < -0.4 is 0 Å². The predicted octanol–water partition coefficient (Wildman–Crippen LogP) is 4.86. The molecule has 0 unspecified atom stereocenters. The molecule has 0 fully saturated rings. The van der Waals surface area contributed by atoms with Gasteiger partial charge in [0.15, 0.2) is 15.9 Å². The maximum absolute atomic E-state index is 6.03. The summed E-state index contributed by atoms with van der Waals surface area (Å²) in [4.78, 5) is 9.37. The molecule has 1 aliphatic heterocycles. The summed E-state index contributed by atoms with van der Waals surface area (Å²) in [5, 5.41) is 2.06. The zero-order valence-corrected chi connectivity index (χ0v) is 12.9. The van der Waals surface area contributed by atoms with Gasteiger partial charge in [-0.2, -0.15) is 0 Å². The van der Waals surface area contributed by atoms with E-state index in [0.717, 1.165) is 28.6 Å². The zero-order chi connectivity index (χ0) is 15.3. The lowest BCUT2D eigenvalue weighted by atomic mass is 10.0. The first kappa shape index (κ1) is 13.0. The highest BCUT2D eigenvalue weighted by atomic mass is 32.2. The van der Waals surface area contributed by atoms with Crippen molar-refractivity contribution in [3.8, 4) is 0 Å². The Morgan fingerprint density at radius 3 is 1.87 bits per heavy atom. The minimum Gasteiger partial charge on any atom is -0.439 e. The van der Waals surface area contributed by atoms with E-state index in [9.17, 15) is 0 Å². The van der Waals surface area contributed by atoms with Gasteiger partial charge in [0.1, 0.15) is 11.0 Å². The van der Waals surface area contributed by atoms with Crippen molar-refractivity contribution in [2.24, 2.45) is 0 Å². The normalized spacial score (nSPS) is 16.5. The van der Waals surface area contributed by atoms with Crippen LogP contribution in [0.2, 0.25) is 0 Å². The van der Waals surface area contributed by atoms with Crippen molar-refractivity contribution in [3.63, 3.8) is 0 Å². The summed E-state index contributed by atoms with van der Waals surface area (Å²) in [5.41, 5.74) is 3.27. The fourth-order valence-electron chi connectivity index (χ4n) is 2.88. The van der Waals surface area contributed by atoms with Gasteiger partial charge in [0.2, 0.25) is 11.8 Å². The standard InChI is InChI=1S/C18H12N2O2S/c1-3-8-14-12(6-1)19-16(21-14)18(10-5-11-23-18)17-20-13-7-2-4-9-15(13)22-17/h1-9,11H,10H2. The largest absolute Gasteiger partial charge is 0.439 e. The SMILES string of the molecule is C1=CSC(c2nc3ccccc3o2)(c2nc3ccccc3o2)C1. The van der Waals surface area contributed by atoms with Crippen LogP contribution in [0, 0.1) is 0 Å². The third-order valence-electron chi connectivity index (χ3n) is 4.05. The Morgan fingerprint density at radius 2 is 1.39 bits per heavy atom. The lowest BCUT2D eigenvalue weighted by Gasteiger charge is -2.19. The molecule has 4 aromatic rings. The molecule has 0 saturated heterocycles. The fraction of sp³-hybridized carbons (Fsp3) is 0.111. The van der Waals surface area contributed by atoms with Gasteiger partial charge in [0.25, 0.3) is 0 Å². The summed E-state index contributed by atoms with van der Waals surface area (Å²) in [6, 6.07) is 15.6. The van der Waals surface area contributed by atoms with E-state index in [-0.39, 0.29) is 0 Å². The highest BCUT2D eigenvalue weighted by Gasteiger charge is 2.45. The van der Waals surface area contributed by atoms with Crippen LogP contribution in [0.1, 0.15) is 18.2 Å². The van der Waals surface area contributed by atoms with Gasteiger partial charge in [0, 0.05) is 0 Å². The third-order valence-corrected chi connectivity index (χ3v) is 5.30. The van der Waals surface area contributed by atoms with Crippen molar-refractivity contribution >= 4 is 34.0 Å². The van der Waals surface area contributed by atoms with E-state index >= 15 is 0 Å². The van der Waals surface area contributed by atoms with Crippen molar-refractivity contribution in [2.45, 2.75) is 11.2 Å². The van der Waals surface area contributed by atoms with Crippen LogP contribution >= 0.6 is 11.8 Å². The second-order valence-electron chi connectivity index (χ2n) is 5.49. The number of hydrogen-bond donors (Lipinski definition) is 0. The monoisotopic (exact) mass is 320 g/mol. The van der Waals surface area contributed by atoms with Crippen LogP contribution in [0.15, 0.2) is 68.8 Å². The highest BCUT2D eigenvalue weighted by Crippen LogP contribution is 2.50. The lowest BCUT2D eigenvalue weighted by molar-refractivity contribution is 0.410. The third kappa shape index (κ3) is 1.86. The number of rotatable bonds is 2. The van der Waals surface area contributed by atoms with Gasteiger partial charge in [-0.05, 0) is 36.1 Å². The molecule has 0 N–H and O–H groups in total. The average Bonchev–Trinajstić information content (AvgIpc) is 3.31. The number of fused-ring (bicyclic) bond motifs is 2. The topological polar surface area (TPSA) is 52.1 Å². The number of oxazole rings is 2. The number of benzene rings is 2. The molecule has 0 spiro atoms. The van der Waals surface area contributed by atoms with Crippen LogP contribution in [0.25, 0.3) is 22.2 Å².